The van der Waals surface area contributed by atoms with Crippen molar-refractivity contribution in [2.75, 3.05) is 0 Å². The molecule has 0 nitrogen and oxygen atoms in total. The Bertz CT molecular complexity index is 68.2. The summed E-state index contributed by atoms with van der Waals surface area (Å²) in [6.45, 7) is 4.32. The van der Waals surface area contributed by atoms with Gasteiger partial charge in [-0.1, -0.05) is 5.57 Å². The molecule has 0 heterocycles. The summed E-state index contributed by atoms with van der Waals surface area (Å²) in [5.74, 6) is 4.65. The summed E-state index contributed by atoms with van der Waals surface area (Å²) in [7, 11) is 0. The maximum Gasteiger partial charge on any atom is 0.288 e. The first-order chi connectivity index (χ1) is 3.13. The highest BCUT2D eigenvalue weighted by Gasteiger charge is 1.92. The summed E-state index contributed by atoms with van der Waals surface area (Å²) in [6.07, 6.45) is 0. The third-order valence-electron chi connectivity index (χ3n) is 0.667. The van der Waals surface area contributed by atoms with Gasteiger partial charge in [-0.2, -0.15) is 0 Å². The predicted octanol–water partition coefficient (Wildman–Crippen LogP) is 2.25. The zero-order valence-corrected chi connectivity index (χ0v) is 6.81. The van der Waals surface area contributed by atoms with Gasteiger partial charge in [-0.15, -0.1) is 16.5 Å². The normalized spacial score (nSPS) is 8.00. The lowest BCUT2D eigenvalue weighted by atomic mass is 10.4. The van der Waals surface area contributed by atoms with Gasteiger partial charge in [0.2, 0.25) is 0 Å². The maximum absolute atomic E-state index is 2.39. The number of rotatable bonds is 1. The summed E-state index contributed by atoms with van der Waals surface area (Å²) in [5.41, 5.74) is 1.47. The third-order valence-corrected chi connectivity index (χ3v) is 2.00. The molecular weight excluding hydrogens is 99.0 g/mol. The van der Waals surface area contributed by atoms with E-state index in [0.717, 1.165) is 0 Å². The number of hydrogen-bond donors (Lipinski definition) is 0. The Labute approximate surface area is 50.6 Å². The molecule has 0 aliphatic heterocycles. The number of allylic oxidation sites excluding steroid dienone is 1. The molecule has 0 unspecified atom stereocenters. The Kier molecular flexibility index (Phi) is 3.43. The maximum atomic E-state index is 2.39. The van der Waals surface area contributed by atoms with Crippen molar-refractivity contribution in [1.82, 2.24) is 0 Å². The van der Waals surface area contributed by atoms with Crippen molar-refractivity contribution in [2.24, 2.45) is 0 Å². The van der Waals surface area contributed by atoms with Gasteiger partial charge in [-0.25, -0.2) is 0 Å². The van der Waals surface area contributed by atoms with Gasteiger partial charge in [0.25, 0.3) is 14.1 Å². The minimum absolute atomic E-state index is 0.390. The lowest BCUT2D eigenvalue weighted by Gasteiger charge is -1.87. The van der Waals surface area contributed by atoms with Crippen LogP contribution in [0.5, 0.6) is 0 Å². The first-order valence-electron chi connectivity index (χ1n) is 2.78. The number of hydrogen-bond acceptors (Lipinski definition) is 0. The Balaban J connectivity index is 3.45. The van der Waals surface area contributed by atoms with Crippen molar-refractivity contribution in [2.45, 2.75) is 25.4 Å². The van der Waals surface area contributed by atoms with Crippen molar-refractivity contribution in [3.8, 4) is 0 Å². The first-order valence-corrected chi connectivity index (χ1v) is 5.75. The van der Waals surface area contributed by atoms with Gasteiger partial charge in [0.15, 0.2) is 0 Å². The Hall–Kier alpha value is 0.272. The zero-order valence-electron chi connectivity index (χ0n) is 5.65. The quantitative estimate of drug-likeness (QED) is 0.456. The molecule has 0 amide bonds. The smallest absolute Gasteiger partial charge is 0.146 e. The molecule has 0 aliphatic carbocycles. The summed E-state index contributed by atoms with van der Waals surface area (Å²) in [4.78, 5) is 2.39. The van der Waals surface area contributed by atoms with Crippen molar-refractivity contribution >= 4 is 14.1 Å². The lowest BCUT2D eigenvalue weighted by Crippen LogP contribution is -1.93. The van der Waals surface area contributed by atoms with Gasteiger partial charge >= 0.3 is 0 Å². The van der Waals surface area contributed by atoms with Gasteiger partial charge < -0.3 is 0 Å². The fourth-order valence-electron chi connectivity index (χ4n) is 0.667. The standard InChI is InChI=1S/C4H7.2CH3.Al/c1-4(2)3;;;/h1H,2-3H3;2*1H3;. The average molecular weight is 112 g/mol. The molecule has 0 spiro atoms. The SMILES string of the molecule is CC(C)=[CH][Al]([CH3])[CH3]. The van der Waals surface area contributed by atoms with Crippen LogP contribution in [0.1, 0.15) is 13.8 Å². The largest absolute Gasteiger partial charge is 0.288 e. The molecule has 0 aromatic heterocycles. The molecule has 0 saturated heterocycles. The van der Waals surface area contributed by atoms with E-state index < -0.39 is 14.1 Å². The van der Waals surface area contributed by atoms with Crippen LogP contribution in [-0.4, -0.2) is 14.1 Å². The van der Waals surface area contributed by atoms with E-state index in [1.165, 1.54) is 5.57 Å². The van der Waals surface area contributed by atoms with Gasteiger partial charge in [0, 0.05) is 0 Å². The minimum atomic E-state index is -0.390. The second-order valence-electron chi connectivity index (χ2n) is 2.49. The van der Waals surface area contributed by atoms with Crippen LogP contribution in [0, 0.1) is 0 Å². The molecule has 0 saturated carbocycles. The highest BCUT2D eigenvalue weighted by atomic mass is 27.2. The molecular formula is C6H13Al. The fraction of sp³-hybridized carbons (Fsp3) is 0.667. The Morgan fingerprint density at radius 3 is 1.71 bits per heavy atom. The lowest BCUT2D eigenvalue weighted by molar-refractivity contribution is 1.41. The van der Waals surface area contributed by atoms with Gasteiger partial charge in [0.05, 0.1) is 0 Å². The van der Waals surface area contributed by atoms with Gasteiger partial charge in [-0.05, 0) is 13.8 Å². The van der Waals surface area contributed by atoms with Crippen molar-refractivity contribution in [3.63, 3.8) is 0 Å². The summed E-state index contributed by atoms with van der Waals surface area (Å²) in [5, 5.41) is 0. The molecule has 1 heteroatoms. The summed E-state index contributed by atoms with van der Waals surface area (Å²) < 4.78 is 0. The third kappa shape index (κ3) is 6.27. The minimum Gasteiger partial charge on any atom is -0.146 e. The Morgan fingerprint density at radius 1 is 1.29 bits per heavy atom. The summed E-state index contributed by atoms with van der Waals surface area (Å²) in [6, 6.07) is 0. The highest BCUT2D eigenvalue weighted by molar-refractivity contribution is 6.61. The van der Waals surface area contributed by atoms with Crippen LogP contribution in [0.2, 0.25) is 11.6 Å². The molecule has 0 N–H and O–H groups in total. The average Bonchev–Trinajstić information content (AvgIpc) is 1.27. The van der Waals surface area contributed by atoms with Crippen molar-refractivity contribution in [3.05, 3.63) is 10.5 Å². The first kappa shape index (κ1) is 7.27. The molecule has 0 rings (SSSR count). The fourth-order valence-corrected chi connectivity index (χ4v) is 2.00. The second kappa shape index (κ2) is 3.30. The molecule has 0 atom stereocenters. The van der Waals surface area contributed by atoms with Crippen molar-refractivity contribution in [1.29, 1.82) is 0 Å². The van der Waals surface area contributed by atoms with E-state index in [0.29, 0.717) is 0 Å². The highest BCUT2D eigenvalue weighted by Crippen LogP contribution is 1.90. The van der Waals surface area contributed by atoms with E-state index in [9.17, 15) is 0 Å². The van der Waals surface area contributed by atoms with Crippen LogP contribution in [0.3, 0.4) is 0 Å². The Morgan fingerprint density at radius 2 is 1.71 bits per heavy atom. The molecule has 0 aromatic carbocycles. The van der Waals surface area contributed by atoms with Crippen LogP contribution in [0.4, 0.5) is 0 Å². The molecule has 7 heavy (non-hydrogen) atoms. The molecule has 0 aromatic rings. The zero-order chi connectivity index (χ0) is 5.86. The predicted molar refractivity (Wildman–Crippen MR) is 36.9 cm³/mol. The molecule has 0 radical (unpaired) electrons. The van der Waals surface area contributed by atoms with E-state index >= 15 is 0 Å². The van der Waals surface area contributed by atoms with E-state index in [-0.39, 0.29) is 0 Å². The van der Waals surface area contributed by atoms with Crippen LogP contribution < -0.4 is 0 Å². The molecule has 0 aliphatic rings. The molecule has 0 fully saturated rings. The van der Waals surface area contributed by atoms with E-state index in [4.69, 9.17) is 0 Å². The van der Waals surface area contributed by atoms with E-state index in [1.807, 2.05) is 0 Å². The van der Waals surface area contributed by atoms with Crippen LogP contribution in [0.15, 0.2) is 10.5 Å². The van der Waals surface area contributed by atoms with Crippen molar-refractivity contribution < 1.29 is 0 Å². The topological polar surface area (TPSA) is 0 Å². The molecule has 0 bridgehead atoms. The van der Waals surface area contributed by atoms with Crippen LogP contribution >= 0.6 is 0 Å². The van der Waals surface area contributed by atoms with E-state index in [1.54, 1.807) is 0 Å². The van der Waals surface area contributed by atoms with Crippen LogP contribution in [0.25, 0.3) is 0 Å². The van der Waals surface area contributed by atoms with Gasteiger partial charge in [-0.3, -0.25) is 0 Å². The van der Waals surface area contributed by atoms with Gasteiger partial charge in [0.1, 0.15) is 0 Å². The van der Waals surface area contributed by atoms with E-state index in [2.05, 4.69) is 30.4 Å². The van der Waals surface area contributed by atoms with Crippen LogP contribution in [-0.2, 0) is 0 Å². The monoisotopic (exact) mass is 112 g/mol. The second-order valence-corrected chi connectivity index (χ2v) is 5.31. The molecule has 40 valence electrons. The summed E-state index contributed by atoms with van der Waals surface area (Å²) >= 11 is -0.390.